The molecule has 0 saturated carbocycles. The molecule has 2 rings (SSSR count). The lowest BCUT2D eigenvalue weighted by molar-refractivity contribution is 0.0691. The molecule has 76 valence electrons. The van der Waals surface area contributed by atoms with Crippen LogP contribution in [0.25, 0.3) is 11.1 Å². The van der Waals surface area contributed by atoms with Crippen LogP contribution < -0.4 is 0 Å². The molecule has 2 N–H and O–H groups in total. The molecule has 2 aromatic rings. The summed E-state index contributed by atoms with van der Waals surface area (Å²) in [5.74, 6) is -1.42. The van der Waals surface area contributed by atoms with E-state index >= 15 is 0 Å². The Labute approximate surface area is 85.2 Å². The number of aromatic amines is 1. The normalized spacial score (nSPS) is 10.2. The Morgan fingerprint density at radius 2 is 2.07 bits per heavy atom. The van der Waals surface area contributed by atoms with Crippen molar-refractivity contribution in [2.24, 2.45) is 0 Å². The molecule has 0 atom stereocenters. The Balaban J connectivity index is 2.46. The number of benzene rings is 1. The zero-order chi connectivity index (χ0) is 10.8. The highest BCUT2D eigenvalue weighted by atomic mass is 19.1. The highest BCUT2D eigenvalue weighted by Gasteiger charge is 2.09. The van der Waals surface area contributed by atoms with Crippen molar-refractivity contribution in [3.05, 3.63) is 48.0 Å². The van der Waals surface area contributed by atoms with Crippen LogP contribution in [0.1, 0.15) is 10.5 Å². The van der Waals surface area contributed by atoms with Gasteiger partial charge >= 0.3 is 5.97 Å². The van der Waals surface area contributed by atoms with E-state index in [-0.39, 0.29) is 11.5 Å². The lowest BCUT2D eigenvalue weighted by Gasteiger charge is -1.97. The minimum absolute atomic E-state index is 0.0493. The summed E-state index contributed by atoms with van der Waals surface area (Å²) in [7, 11) is 0. The number of halogens is 1. The van der Waals surface area contributed by atoms with Gasteiger partial charge in [-0.2, -0.15) is 0 Å². The van der Waals surface area contributed by atoms with Gasteiger partial charge in [-0.25, -0.2) is 9.18 Å². The quantitative estimate of drug-likeness (QED) is 0.791. The second-order valence-electron chi connectivity index (χ2n) is 3.09. The Kier molecular flexibility index (Phi) is 2.25. The molecular weight excluding hydrogens is 197 g/mol. The fraction of sp³-hybridized carbons (Fsp3) is 0. The van der Waals surface area contributed by atoms with Crippen LogP contribution in [0.3, 0.4) is 0 Å². The molecule has 0 spiro atoms. The fourth-order valence-electron chi connectivity index (χ4n) is 1.37. The first-order valence-electron chi connectivity index (χ1n) is 4.35. The third kappa shape index (κ3) is 1.74. The van der Waals surface area contributed by atoms with E-state index in [2.05, 4.69) is 4.98 Å². The summed E-state index contributed by atoms with van der Waals surface area (Å²) in [6.07, 6.45) is 1.47. The van der Waals surface area contributed by atoms with Gasteiger partial charge in [0.05, 0.1) is 0 Å². The summed E-state index contributed by atoms with van der Waals surface area (Å²) in [6.45, 7) is 0. The zero-order valence-electron chi connectivity index (χ0n) is 7.70. The molecule has 1 aromatic heterocycles. The highest BCUT2D eigenvalue weighted by Crippen LogP contribution is 2.22. The highest BCUT2D eigenvalue weighted by molar-refractivity contribution is 5.87. The van der Waals surface area contributed by atoms with Gasteiger partial charge in [0, 0.05) is 17.3 Å². The smallest absolute Gasteiger partial charge is 0.352 e. The minimum atomic E-state index is -1.06. The Bertz CT molecular complexity index is 505. The van der Waals surface area contributed by atoms with Gasteiger partial charge in [0.15, 0.2) is 0 Å². The summed E-state index contributed by atoms with van der Waals surface area (Å²) in [5.41, 5.74) is 0.972. The van der Waals surface area contributed by atoms with Crippen molar-refractivity contribution in [3.8, 4) is 11.1 Å². The predicted octanol–water partition coefficient (Wildman–Crippen LogP) is 2.52. The average Bonchev–Trinajstić information content (AvgIpc) is 2.67. The third-order valence-electron chi connectivity index (χ3n) is 2.10. The van der Waals surface area contributed by atoms with Crippen LogP contribution in [0.5, 0.6) is 0 Å². The van der Waals surface area contributed by atoms with E-state index in [0.29, 0.717) is 11.1 Å². The van der Waals surface area contributed by atoms with Crippen molar-refractivity contribution < 1.29 is 14.3 Å². The number of H-pyrrole nitrogens is 1. The first kappa shape index (κ1) is 9.45. The molecule has 0 unspecified atom stereocenters. The van der Waals surface area contributed by atoms with Gasteiger partial charge in [0.2, 0.25) is 0 Å². The number of nitrogens with one attached hydrogen (secondary N) is 1. The number of aromatic nitrogens is 1. The van der Waals surface area contributed by atoms with E-state index in [0.717, 1.165) is 0 Å². The van der Waals surface area contributed by atoms with Gasteiger partial charge in [0.25, 0.3) is 0 Å². The summed E-state index contributed by atoms with van der Waals surface area (Å²) in [5, 5.41) is 8.69. The van der Waals surface area contributed by atoms with Crippen molar-refractivity contribution in [2.75, 3.05) is 0 Å². The largest absolute Gasteiger partial charge is 0.477 e. The molecule has 0 aliphatic heterocycles. The molecule has 1 aromatic carbocycles. The van der Waals surface area contributed by atoms with Crippen molar-refractivity contribution in [3.63, 3.8) is 0 Å². The maximum Gasteiger partial charge on any atom is 0.352 e. The molecule has 4 heteroatoms. The van der Waals surface area contributed by atoms with Gasteiger partial charge in [-0.3, -0.25) is 0 Å². The number of carboxylic acids is 1. The number of hydrogen-bond acceptors (Lipinski definition) is 1. The van der Waals surface area contributed by atoms with E-state index < -0.39 is 5.97 Å². The van der Waals surface area contributed by atoms with Crippen LogP contribution in [-0.4, -0.2) is 16.1 Å². The van der Waals surface area contributed by atoms with Gasteiger partial charge in [-0.05, 0) is 12.1 Å². The average molecular weight is 205 g/mol. The molecule has 0 radical (unpaired) electrons. The number of hydrogen-bond donors (Lipinski definition) is 2. The molecule has 1 heterocycles. The monoisotopic (exact) mass is 205 g/mol. The predicted molar refractivity (Wildman–Crippen MR) is 53.1 cm³/mol. The van der Waals surface area contributed by atoms with Crippen LogP contribution in [0.4, 0.5) is 4.39 Å². The van der Waals surface area contributed by atoms with Crippen LogP contribution >= 0.6 is 0 Å². The van der Waals surface area contributed by atoms with Crippen molar-refractivity contribution in [1.82, 2.24) is 4.98 Å². The van der Waals surface area contributed by atoms with Gasteiger partial charge in [-0.15, -0.1) is 0 Å². The van der Waals surface area contributed by atoms with Gasteiger partial charge < -0.3 is 10.1 Å². The maximum atomic E-state index is 13.3. The Morgan fingerprint density at radius 3 is 2.67 bits per heavy atom. The summed E-state index contributed by atoms with van der Waals surface area (Å²) < 4.78 is 13.3. The van der Waals surface area contributed by atoms with E-state index in [9.17, 15) is 9.18 Å². The third-order valence-corrected chi connectivity index (χ3v) is 2.10. The first-order chi connectivity index (χ1) is 7.18. The van der Waals surface area contributed by atoms with Crippen LogP contribution in [0.2, 0.25) is 0 Å². The zero-order valence-corrected chi connectivity index (χ0v) is 7.70. The number of aromatic carboxylic acids is 1. The van der Waals surface area contributed by atoms with Crippen LogP contribution in [-0.2, 0) is 0 Å². The van der Waals surface area contributed by atoms with Gasteiger partial charge in [0.1, 0.15) is 11.5 Å². The Morgan fingerprint density at radius 1 is 1.33 bits per heavy atom. The molecule has 0 aliphatic rings. The molecule has 0 saturated heterocycles. The summed E-state index contributed by atoms with van der Waals surface area (Å²) >= 11 is 0. The standard InChI is InChI=1S/C11H8FNO2/c12-9-4-2-1-3-8(9)7-5-10(11(14)15)13-6-7/h1-6,13H,(H,14,15). The van der Waals surface area contributed by atoms with Crippen molar-refractivity contribution in [1.29, 1.82) is 0 Å². The lowest BCUT2D eigenvalue weighted by atomic mass is 10.1. The minimum Gasteiger partial charge on any atom is -0.477 e. The van der Waals surface area contributed by atoms with Crippen molar-refractivity contribution in [2.45, 2.75) is 0 Å². The van der Waals surface area contributed by atoms with E-state index in [4.69, 9.17) is 5.11 Å². The fourth-order valence-corrected chi connectivity index (χ4v) is 1.37. The number of rotatable bonds is 2. The van der Waals surface area contributed by atoms with Crippen LogP contribution in [0, 0.1) is 5.82 Å². The molecule has 3 nitrogen and oxygen atoms in total. The second kappa shape index (κ2) is 3.57. The molecule has 0 bridgehead atoms. The molecule has 15 heavy (non-hydrogen) atoms. The van der Waals surface area contributed by atoms with E-state index in [1.807, 2.05) is 0 Å². The summed E-state index contributed by atoms with van der Waals surface area (Å²) in [4.78, 5) is 13.2. The molecule has 0 amide bonds. The second-order valence-corrected chi connectivity index (χ2v) is 3.09. The number of carboxylic acid groups (broad SMARTS) is 1. The van der Waals surface area contributed by atoms with Crippen molar-refractivity contribution >= 4 is 5.97 Å². The molecular formula is C11H8FNO2. The molecule has 0 fully saturated rings. The van der Waals surface area contributed by atoms with Crippen LogP contribution in [0.15, 0.2) is 36.5 Å². The van der Waals surface area contributed by atoms with E-state index in [1.54, 1.807) is 18.2 Å². The van der Waals surface area contributed by atoms with Gasteiger partial charge in [-0.1, -0.05) is 18.2 Å². The number of carbonyl (C=O) groups is 1. The maximum absolute atomic E-state index is 13.3. The molecule has 0 aliphatic carbocycles. The SMILES string of the molecule is O=C(O)c1cc(-c2ccccc2F)c[nH]1. The first-order valence-corrected chi connectivity index (χ1v) is 4.35. The summed E-state index contributed by atoms with van der Waals surface area (Å²) in [6, 6.07) is 7.63. The lowest BCUT2D eigenvalue weighted by Crippen LogP contribution is -1.94. The topological polar surface area (TPSA) is 53.1 Å². The van der Waals surface area contributed by atoms with E-state index in [1.165, 1.54) is 18.3 Å². The Hall–Kier alpha value is -2.10.